The molecule has 0 aliphatic rings. The van der Waals surface area contributed by atoms with Gasteiger partial charge >= 0.3 is 6.03 Å². The van der Waals surface area contributed by atoms with Gasteiger partial charge in [0, 0.05) is 20.3 Å². The highest BCUT2D eigenvalue weighted by molar-refractivity contribution is 6.28. The highest BCUT2D eigenvalue weighted by Crippen LogP contribution is 1.93. The molecule has 2 N–H and O–H groups in total. The second-order valence-electron chi connectivity index (χ2n) is 2.99. The van der Waals surface area contributed by atoms with Gasteiger partial charge in [0.1, 0.15) is 5.88 Å². The van der Waals surface area contributed by atoms with E-state index in [4.69, 9.17) is 16.3 Å². The first-order chi connectivity index (χ1) is 7.20. The summed E-state index contributed by atoms with van der Waals surface area (Å²) in [5, 5.41) is 4.64. The quantitative estimate of drug-likeness (QED) is 0.509. The summed E-state index contributed by atoms with van der Waals surface area (Å²) in [7, 11) is 1.66. The molecule has 0 atom stereocenters. The lowest BCUT2D eigenvalue weighted by Crippen LogP contribution is -2.40. The van der Waals surface area contributed by atoms with Crippen LogP contribution in [0.4, 0.5) is 4.79 Å². The third-order valence-corrected chi connectivity index (χ3v) is 1.93. The smallest absolute Gasteiger partial charge is 0.321 e. The number of unbranched alkanes of at least 4 members (excludes halogenated alkanes) is 2. The maximum absolute atomic E-state index is 11.0. The van der Waals surface area contributed by atoms with E-state index in [2.05, 4.69) is 10.6 Å². The number of methoxy groups -OCH3 is 1. The van der Waals surface area contributed by atoms with Crippen molar-refractivity contribution >= 4 is 23.5 Å². The zero-order valence-corrected chi connectivity index (χ0v) is 9.60. The fraction of sp³-hybridized carbons (Fsp3) is 0.778. The number of carbonyl (C=O) groups is 2. The maximum Gasteiger partial charge on any atom is 0.321 e. The van der Waals surface area contributed by atoms with Crippen LogP contribution in [-0.2, 0) is 9.53 Å². The molecule has 5 nitrogen and oxygen atoms in total. The Balaban J connectivity index is 3.28. The van der Waals surface area contributed by atoms with Crippen molar-refractivity contribution in [2.75, 3.05) is 26.1 Å². The van der Waals surface area contributed by atoms with Crippen LogP contribution < -0.4 is 10.6 Å². The molecule has 3 amide bonds. The number of alkyl halides is 1. The number of rotatable bonds is 7. The van der Waals surface area contributed by atoms with Crippen LogP contribution in [0.5, 0.6) is 0 Å². The van der Waals surface area contributed by atoms with Crippen LogP contribution in [0.25, 0.3) is 0 Å². The molecule has 15 heavy (non-hydrogen) atoms. The molecular weight excluding hydrogens is 220 g/mol. The Kier molecular flexibility index (Phi) is 9.21. The number of imide groups is 1. The third kappa shape index (κ3) is 9.49. The number of hydrogen-bond donors (Lipinski definition) is 2. The molecule has 0 fully saturated rings. The molecule has 0 aromatic rings. The fourth-order valence-electron chi connectivity index (χ4n) is 0.954. The van der Waals surface area contributed by atoms with Crippen molar-refractivity contribution in [3.05, 3.63) is 0 Å². The Morgan fingerprint density at radius 3 is 2.60 bits per heavy atom. The summed E-state index contributed by atoms with van der Waals surface area (Å²) in [6.45, 7) is 1.28. The van der Waals surface area contributed by atoms with Crippen LogP contribution in [0, 0.1) is 0 Å². The van der Waals surface area contributed by atoms with E-state index in [9.17, 15) is 9.59 Å². The van der Waals surface area contributed by atoms with Gasteiger partial charge in [-0.15, -0.1) is 11.6 Å². The summed E-state index contributed by atoms with van der Waals surface area (Å²) >= 11 is 5.21. The molecule has 0 aliphatic carbocycles. The van der Waals surface area contributed by atoms with Crippen molar-refractivity contribution in [3.8, 4) is 0 Å². The Hall–Kier alpha value is -0.810. The summed E-state index contributed by atoms with van der Waals surface area (Å²) in [6, 6.07) is -0.493. The van der Waals surface area contributed by atoms with Crippen LogP contribution in [-0.4, -0.2) is 38.1 Å². The first kappa shape index (κ1) is 14.2. The molecule has 6 heteroatoms. The third-order valence-electron chi connectivity index (χ3n) is 1.69. The lowest BCUT2D eigenvalue weighted by Gasteiger charge is -2.05. The average molecular weight is 237 g/mol. The molecule has 0 bridgehead atoms. The van der Waals surface area contributed by atoms with Crippen molar-refractivity contribution in [3.63, 3.8) is 0 Å². The van der Waals surface area contributed by atoms with E-state index in [1.807, 2.05) is 0 Å². The van der Waals surface area contributed by atoms with Gasteiger partial charge in [0.25, 0.3) is 0 Å². The van der Waals surface area contributed by atoms with Gasteiger partial charge in [0.2, 0.25) is 5.91 Å². The monoisotopic (exact) mass is 236 g/mol. The standard InChI is InChI=1S/C9H17ClN2O3/c1-15-6-4-2-3-5-11-9(14)12-8(13)7-10/h2-7H2,1H3,(H2,11,12,13,14). The SMILES string of the molecule is COCCCCCNC(=O)NC(=O)CCl. The molecule has 0 unspecified atom stereocenters. The van der Waals surface area contributed by atoms with E-state index in [-0.39, 0.29) is 5.88 Å². The molecule has 0 saturated carbocycles. The molecule has 0 heterocycles. The van der Waals surface area contributed by atoms with E-state index in [1.54, 1.807) is 7.11 Å². The minimum Gasteiger partial charge on any atom is -0.385 e. The van der Waals surface area contributed by atoms with Crippen molar-refractivity contribution in [2.45, 2.75) is 19.3 Å². The van der Waals surface area contributed by atoms with Gasteiger partial charge in [-0.3, -0.25) is 10.1 Å². The minimum absolute atomic E-state index is 0.207. The van der Waals surface area contributed by atoms with E-state index in [0.29, 0.717) is 6.54 Å². The number of halogens is 1. The molecule has 0 saturated heterocycles. The summed E-state index contributed by atoms with van der Waals surface area (Å²) in [5.41, 5.74) is 0. The maximum atomic E-state index is 11.0. The molecule has 0 aromatic carbocycles. The number of ether oxygens (including phenoxy) is 1. The predicted molar refractivity (Wildman–Crippen MR) is 58.0 cm³/mol. The van der Waals surface area contributed by atoms with Gasteiger partial charge < -0.3 is 10.1 Å². The molecule has 0 spiro atoms. The van der Waals surface area contributed by atoms with E-state index < -0.39 is 11.9 Å². The number of urea groups is 1. The Morgan fingerprint density at radius 2 is 2.00 bits per heavy atom. The summed E-state index contributed by atoms with van der Waals surface area (Å²) in [5.74, 6) is -0.699. The first-order valence-electron chi connectivity index (χ1n) is 4.83. The summed E-state index contributed by atoms with van der Waals surface area (Å²) in [4.78, 5) is 21.7. The zero-order chi connectivity index (χ0) is 11.5. The lowest BCUT2D eigenvalue weighted by atomic mass is 10.2. The van der Waals surface area contributed by atoms with E-state index >= 15 is 0 Å². The minimum atomic E-state index is -0.493. The van der Waals surface area contributed by atoms with Crippen LogP contribution in [0.1, 0.15) is 19.3 Å². The number of amides is 3. The highest BCUT2D eigenvalue weighted by atomic mass is 35.5. The Morgan fingerprint density at radius 1 is 1.27 bits per heavy atom. The van der Waals surface area contributed by atoms with E-state index in [0.717, 1.165) is 25.9 Å². The number of carbonyl (C=O) groups excluding carboxylic acids is 2. The number of nitrogens with one attached hydrogen (secondary N) is 2. The van der Waals surface area contributed by atoms with Crippen molar-refractivity contribution in [1.29, 1.82) is 0 Å². The van der Waals surface area contributed by atoms with Crippen molar-refractivity contribution in [1.82, 2.24) is 10.6 Å². The normalized spacial score (nSPS) is 9.73. The van der Waals surface area contributed by atoms with Gasteiger partial charge in [0.05, 0.1) is 0 Å². The fourth-order valence-corrected chi connectivity index (χ4v) is 1.02. The Bertz CT molecular complexity index is 200. The van der Waals surface area contributed by atoms with Crippen LogP contribution in [0.15, 0.2) is 0 Å². The second-order valence-corrected chi connectivity index (χ2v) is 3.26. The van der Waals surface area contributed by atoms with Crippen LogP contribution in [0.3, 0.4) is 0 Å². The van der Waals surface area contributed by atoms with Gasteiger partial charge in [0.15, 0.2) is 0 Å². The predicted octanol–water partition coefficient (Wildman–Crippen LogP) is 0.868. The molecule has 0 rings (SSSR count). The molecule has 88 valence electrons. The van der Waals surface area contributed by atoms with Crippen LogP contribution >= 0.6 is 11.6 Å². The Labute approximate surface area is 94.5 Å². The van der Waals surface area contributed by atoms with Gasteiger partial charge in [-0.05, 0) is 19.3 Å². The molecule has 0 aromatic heterocycles. The van der Waals surface area contributed by atoms with Crippen molar-refractivity contribution in [2.24, 2.45) is 0 Å². The highest BCUT2D eigenvalue weighted by Gasteiger charge is 2.04. The zero-order valence-electron chi connectivity index (χ0n) is 8.85. The van der Waals surface area contributed by atoms with Crippen LogP contribution in [0.2, 0.25) is 0 Å². The largest absolute Gasteiger partial charge is 0.385 e. The number of hydrogen-bond acceptors (Lipinski definition) is 3. The second kappa shape index (κ2) is 9.73. The van der Waals surface area contributed by atoms with Gasteiger partial charge in [-0.1, -0.05) is 0 Å². The topological polar surface area (TPSA) is 67.4 Å². The summed E-state index contributed by atoms with van der Waals surface area (Å²) < 4.78 is 4.88. The molecule has 0 radical (unpaired) electrons. The lowest BCUT2D eigenvalue weighted by molar-refractivity contribution is -0.117. The van der Waals surface area contributed by atoms with Gasteiger partial charge in [-0.25, -0.2) is 4.79 Å². The van der Waals surface area contributed by atoms with E-state index in [1.165, 1.54) is 0 Å². The molecular formula is C9H17ClN2O3. The average Bonchev–Trinajstić information content (AvgIpc) is 2.23. The summed E-state index contributed by atoms with van der Waals surface area (Å²) in [6.07, 6.45) is 2.82. The van der Waals surface area contributed by atoms with Crippen molar-refractivity contribution < 1.29 is 14.3 Å². The van der Waals surface area contributed by atoms with Gasteiger partial charge in [-0.2, -0.15) is 0 Å². The first-order valence-corrected chi connectivity index (χ1v) is 5.36. The molecule has 0 aliphatic heterocycles.